The summed E-state index contributed by atoms with van der Waals surface area (Å²) < 4.78 is 0. The molecule has 1 aromatic carbocycles. The number of amides is 1. The first-order valence-electron chi connectivity index (χ1n) is 6.82. The molecule has 1 saturated heterocycles. The van der Waals surface area contributed by atoms with Gasteiger partial charge >= 0.3 is 0 Å². The van der Waals surface area contributed by atoms with E-state index < -0.39 is 0 Å². The number of anilines is 1. The average Bonchev–Trinajstić information content (AvgIpc) is 2.93. The molecular weight excluding hydrogens is 290 g/mol. The number of aryl methyl sites for hydroxylation is 1. The van der Waals surface area contributed by atoms with Crippen molar-refractivity contribution in [3.8, 4) is 0 Å². The minimum atomic E-state index is -0.120. The molecule has 0 radical (unpaired) electrons. The van der Waals surface area contributed by atoms with Gasteiger partial charge in [-0.1, -0.05) is 17.7 Å². The van der Waals surface area contributed by atoms with Crippen LogP contribution in [0.25, 0.3) is 0 Å². The molecule has 0 unspecified atom stereocenters. The lowest BCUT2D eigenvalue weighted by molar-refractivity contribution is 0.0735. The van der Waals surface area contributed by atoms with E-state index >= 15 is 0 Å². The van der Waals surface area contributed by atoms with Gasteiger partial charge in [-0.2, -0.15) is 0 Å². The summed E-state index contributed by atoms with van der Waals surface area (Å²) in [5.41, 5.74) is 1.09. The maximum absolute atomic E-state index is 12.3. The van der Waals surface area contributed by atoms with E-state index in [1.165, 1.54) is 0 Å². The summed E-state index contributed by atoms with van der Waals surface area (Å²) in [6.07, 6.45) is 0. The third-order valence-electron chi connectivity index (χ3n) is 3.53. The van der Waals surface area contributed by atoms with Gasteiger partial charge in [-0.3, -0.25) is 9.89 Å². The van der Waals surface area contributed by atoms with Gasteiger partial charge in [0.05, 0.1) is 0 Å². The van der Waals surface area contributed by atoms with Crippen LogP contribution in [0.15, 0.2) is 24.3 Å². The molecule has 1 aliphatic rings. The van der Waals surface area contributed by atoms with Crippen molar-refractivity contribution in [2.75, 3.05) is 31.1 Å². The number of nitrogens with zero attached hydrogens (tertiary/aromatic N) is 4. The van der Waals surface area contributed by atoms with Crippen LogP contribution in [0.2, 0.25) is 5.02 Å². The fraction of sp³-hybridized carbons (Fsp3) is 0.357. The molecule has 21 heavy (non-hydrogen) atoms. The molecular formula is C14H16ClN5O. The minimum Gasteiger partial charge on any atom is -0.368 e. The second-order valence-corrected chi connectivity index (χ2v) is 5.44. The van der Waals surface area contributed by atoms with E-state index in [9.17, 15) is 4.79 Å². The molecule has 110 valence electrons. The highest BCUT2D eigenvalue weighted by molar-refractivity contribution is 6.30. The second kappa shape index (κ2) is 5.73. The Morgan fingerprint density at radius 2 is 2.05 bits per heavy atom. The Bertz CT molecular complexity index is 648. The molecule has 1 aromatic heterocycles. The number of aromatic amines is 1. The standard InChI is InChI=1S/C14H16ClN5O/c1-10-16-13(18-17-10)14(21)20-7-5-19(6-8-20)12-4-2-3-11(15)9-12/h2-4,9H,5-8H2,1H3,(H,16,17,18). The van der Waals surface area contributed by atoms with E-state index in [-0.39, 0.29) is 11.7 Å². The van der Waals surface area contributed by atoms with Crippen LogP contribution in [-0.2, 0) is 0 Å². The smallest absolute Gasteiger partial charge is 0.293 e. The number of H-pyrrole nitrogens is 1. The van der Waals surface area contributed by atoms with Crippen molar-refractivity contribution in [2.45, 2.75) is 6.92 Å². The predicted octanol–water partition coefficient (Wildman–Crippen LogP) is 1.73. The summed E-state index contributed by atoms with van der Waals surface area (Å²) >= 11 is 6.01. The van der Waals surface area contributed by atoms with Crippen LogP contribution in [0.1, 0.15) is 16.4 Å². The van der Waals surface area contributed by atoms with E-state index in [2.05, 4.69) is 20.1 Å². The monoisotopic (exact) mass is 305 g/mol. The molecule has 0 aliphatic carbocycles. The van der Waals surface area contributed by atoms with Gasteiger partial charge < -0.3 is 9.80 Å². The van der Waals surface area contributed by atoms with E-state index in [1.807, 2.05) is 24.3 Å². The maximum atomic E-state index is 12.3. The fourth-order valence-electron chi connectivity index (χ4n) is 2.42. The van der Waals surface area contributed by atoms with Gasteiger partial charge in [0, 0.05) is 36.9 Å². The van der Waals surface area contributed by atoms with E-state index in [4.69, 9.17) is 11.6 Å². The number of hydrogen-bond acceptors (Lipinski definition) is 4. The van der Waals surface area contributed by atoms with Crippen LogP contribution in [0.5, 0.6) is 0 Å². The van der Waals surface area contributed by atoms with Crippen LogP contribution in [-0.4, -0.2) is 52.2 Å². The molecule has 0 bridgehead atoms. The van der Waals surface area contributed by atoms with Gasteiger partial charge in [0.2, 0.25) is 5.82 Å². The van der Waals surface area contributed by atoms with Crippen molar-refractivity contribution in [3.63, 3.8) is 0 Å². The molecule has 2 heterocycles. The van der Waals surface area contributed by atoms with Gasteiger partial charge in [0.1, 0.15) is 5.82 Å². The molecule has 1 fully saturated rings. The van der Waals surface area contributed by atoms with Gasteiger partial charge in [-0.15, -0.1) is 5.10 Å². The number of hydrogen-bond donors (Lipinski definition) is 1. The first-order chi connectivity index (χ1) is 10.1. The molecule has 0 saturated carbocycles. The number of halogens is 1. The normalized spacial score (nSPS) is 15.3. The highest BCUT2D eigenvalue weighted by atomic mass is 35.5. The molecule has 0 atom stereocenters. The van der Waals surface area contributed by atoms with Crippen LogP contribution >= 0.6 is 11.6 Å². The maximum Gasteiger partial charge on any atom is 0.293 e. The zero-order chi connectivity index (χ0) is 14.8. The van der Waals surface area contributed by atoms with Gasteiger partial charge in [0.25, 0.3) is 5.91 Å². The number of nitrogens with one attached hydrogen (secondary N) is 1. The lowest BCUT2D eigenvalue weighted by Crippen LogP contribution is -2.49. The summed E-state index contributed by atoms with van der Waals surface area (Å²) in [5.74, 6) is 0.768. The van der Waals surface area contributed by atoms with Crippen molar-refractivity contribution >= 4 is 23.2 Å². The zero-order valence-corrected chi connectivity index (χ0v) is 12.5. The molecule has 1 amide bonds. The zero-order valence-electron chi connectivity index (χ0n) is 11.7. The summed E-state index contributed by atoms with van der Waals surface area (Å²) in [5, 5.41) is 7.34. The third-order valence-corrected chi connectivity index (χ3v) is 3.76. The van der Waals surface area contributed by atoms with Crippen LogP contribution in [0.4, 0.5) is 5.69 Å². The Balaban J connectivity index is 1.64. The number of rotatable bonds is 2. The van der Waals surface area contributed by atoms with E-state index in [1.54, 1.807) is 11.8 Å². The molecule has 7 heteroatoms. The molecule has 6 nitrogen and oxygen atoms in total. The number of benzene rings is 1. The summed E-state index contributed by atoms with van der Waals surface area (Å²) in [4.78, 5) is 20.3. The Kier molecular flexibility index (Phi) is 3.79. The molecule has 0 spiro atoms. The number of piperazine rings is 1. The summed E-state index contributed by atoms with van der Waals surface area (Å²) in [6.45, 7) is 4.63. The predicted molar refractivity (Wildman–Crippen MR) is 80.7 cm³/mol. The minimum absolute atomic E-state index is 0.120. The van der Waals surface area contributed by atoms with E-state index in [0.717, 1.165) is 23.8 Å². The summed E-state index contributed by atoms with van der Waals surface area (Å²) in [6, 6.07) is 7.77. The van der Waals surface area contributed by atoms with Crippen molar-refractivity contribution in [1.82, 2.24) is 20.1 Å². The van der Waals surface area contributed by atoms with Crippen molar-refractivity contribution in [2.24, 2.45) is 0 Å². The quantitative estimate of drug-likeness (QED) is 0.917. The first-order valence-corrected chi connectivity index (χ1v) is 7.20. The second-order valence-electron chi connectivity index (χ2n) is 5.00. The van der Waals surface area contributed by atoms with Gasteiger partial charge in [0.15, 0.2) is 0 Å². The van der Waals surface area contributed by atoms with Crippen molar-refractivity contribution < 1.29 is 4.79 Å². The number of aromatic nitrogens is 3. The number of carbonyl (C=O) groups excluding carboxylic acids is 1. The van der Waals surface area contributed by atoms with Crippen LogP contribution in [0, 0.1) is 6.92 Å². The SMILES string of the molecule is Cc1nc(C(=O)N2CCN(c3cccc(Cl)c3)CC2)n[nH]1. The largest absolute Gasteiger partial charge is 0.368 e. The Morgan fingerprint density at radius 1 is 1.29 bits per heavy atom. The number of carbonyl (C=O) groups is 1. The lowest BCUT2D eigenvalue weighted by Gasteiger charge is -2.35. The Morgan fingerprint density at radius 3 is 2.67 bits per heavy atom. The van der Waals surface area contributed by atoms with Crippen LogP contribution in [0.3, 0.4) is 0 Å². The van der Waals surface area contributed by atoms with Crippen molar-refractivity contribution in [3.05, 3.63) is 40.9 Å². The summed E-state index contributed by atoms with van der Waals surface area (Å²) in [7, 11) is 0. The molecule has 1 N–H and O–H groups in total. The fourth-order valence-corrected chi connectivity index (χ4v) is 2.60. The lowest BCUT2D eigenvalue weighted by atomic mass is 10.2. The van der Waals surface area contributed by atoms with Crippen LogP contribution < -0.4 is 4.90 Å². The van der Waals surface area contributed by atoms with Gasteiger partial charge in [-0.25, -0.2) is 4.98 Å². The van der Waals surface area contributed by atoms with Crippen molar-refractivity contribution in [1.29, 1.82) is 0 Å². The topological polar surface area (TPSA) is 65.1 Å². The Labute approximate surface area is 127 Å². The molecule has 1 aliphatic heterocycles. The third kappa shape index (κ3) is 3.00. The van der Waals surface area contributed by atoms with Gasteiger partial charge in [-0.05, 0) is 25.1 Å². The van der Waals surface area contributed by atoms with E-state index in [0.29, 0.717) is 18.9 Å². The molecule has 3 rings (SSSR count). The Hall–Kier alpha value is -2.08. The highest BCUT2D eigenvalue weighted by Gasteiger charge is 2.24. The first kappa shape index (κ1) is 13.9. The average molecular weight is 306 g/mol. The molecule has 2 aromatic rings. The highest BCUT2D eigenvalue weighted by Crippen LogP contribution is 2.21.